The standard InChI is InChI=1S/C53H33N5S.C52H32N6S/c1-3-9-34(10-4-1)35-23-27-42(28-24-35)51-56-50(41-11-5-2-6-12-41)57-52(58-51)43-29-25-39(26-30-43)37-17-15-36(16-18-37)38-19-21-40(22-20-38)44-31-32-45-48(33-44)59-53-49(45)54-46-13-7-8-14-47(46)55-53;1-3-9-33(10-4-1)34-21-27-41(28-22-34)50-56-49(40-11-5-2-6-12-40)57-51(58-50)42-29-23-38(24-30-42)36-17-15-35(16-18-36)37-19-25-39(26-20-37)46-48-47(54-32-53-46)44-31-43-13-7-8-14-45(43)55-52(44)59-48/h1-33H;1-32H. The quantitative estimate of drug-likeness (QED) is 0.103. The van der Waals surface area contributed by atoms with E-state index in [0.717, 1.165) is 147 Å². The van der Waals surface area contributed by atoms with E-state index < -0.39 is 0 Å². The molecule has 0 N–H and O–H groups in total. The van der Waals surface area contributed by atoms with Gasteiger partial charge in [-0.05, 0) is 108 Å². The van der Waals surface area contributed by atoms with Crippen molar-refractivity contribution >= 4 is 85.5 Å². The van der Waals surface area contributed by atoms with Crippen LogP contribution in [0.3, 0.4) is 0 Å². The summed E-state index contributed by atoms with van der Waals surface area (Å²) in [5.74, 6) is 3.83. The summed E-state index contributed by atoms with van der Waals surface area (Å²) in [4.78, 5) is 55.8. The minimum atomic E-state index is 0.631. The summed E-state index contributed by atoms with van der Waals surface area (Å²) in [5.41, 5.74) is 28.5. The Labute approximate surface area is 687 Å². The van der Waals surface area contributed by atoms with E-state index in [1.165, 1.54) is 38.1 Å². The fraction of sp³-hybridized carbons (Fsp3) is 0. The van der Waals surface area contributed by atoms with Gasteiger partial charge in [0, 0.05) is 59.8 Å². The molecule has 11 nitrogen and oxygen atoms in total. The highest BCUT2D eigenvalue weighted by Gasteiger charge is 2.20. The van der Waals surface area contributed by atoms with Crippen molar-refractivity contribution in [3.63, 3.8) is 0 Å². The zero-order valence-electron chi connectivity index (χ0n) is 63.3. The first-order valence-corrected chi connectivity index (χ1v) is 40.6. The van der Waals surface area contributed by atoms with Crippen LogP contribution in [0, 0.1) is 0 Å². The molecule has 0 unspecified atom stereocenters. The molecule has 0 aliphatic carbocycles. The lowest BCUT2D eigenvalue weighted by Gasteiger charge is -2.10. The van der Waals surface area contributed by atoms with Crippen LogP contribution in [0.1, 0.15) is 0 Å². The Balaban J connectivity index is 0.000000147. The second kappa shape index (κ2) is 30.8. The molecule has 0 saturated carbocycles. The molecule has 13 heteroatoms. The number of thiophene rings is 2. The van der Waals surface area contributed by atoms with Gasteiger partial charge in [-0.25, -0.2) is 54.8 Å². The molecule has 0 bridgehead atoms. The van der Waals surface area contributed by atoms with Crippen LogP contribution in [0.15, 0.2) is 395 Å². The van der Waals surface area contributed by atoms with Gasteiger partial charge in [0.25, 0.3) is 0 Å². The molecule has 0 radical (unpaired) electrons. The van der Waals surface area contributed by atoms with Crippen molar-refractivity contribution in [2.75, 3.05) is 0 Å². The summed E-state index contributed by atoms with van der Waals surface area (Å²) in [6, 6.07) is 135. The van der Waals surface area contributed by atoms with Crippen molar-refractivity contribution in [2.45, 2.75) is 0 Å². The molecule has 15 aromatic carbocycles. The predicted molar refractivity (Wildman–Crippen MR) is 486 cm³/mol. The van der Waals surface area contributed by atoms with Crippen LogP contribution >= 0.6 is 22.7 Å². The highest BCUT2D eigenvalue weighted by molar-refractivity contribution is 7.26. The molecule has 22 aromatic rings. The van der Waals surface area contributed by atoms with Crippen molar-refractivity contribution in [1.29, 1.82) is 0 Å². The molecule has 118 heavy (non-hydrogen) atoms. The predicted octanol–water partition coefficient (Wildman–Crippen LogP) is 27.1. The number of hydrogen-bond donors (Lipinski definition) is 0. The summed E-state index contributed by atoms with van der Waals surface area (Å²) in [5, 5.41) is 3.33. The number of para-hydroxylation sites is 3. The largest absolute Gasteiger partial charge is 0.243 e. The summed E-state index contributed by atoms with van der Waals surface area (Å²) < 4.78 is 2.25. The number of pyridine rings is 1. The summed E-state index contributed by atoms with van der Waals surface area (Å²) in [6.45, 7) is 0. The lowest BCUT2D eigenvalue weighted by molar-refractivity contribution is 1.07. The monoisotopic (exact) mass is 1540 g/mol. The number of rotatable bonds is 14. The van der Waals surface area contributed by atoms with E-state index in [-0.39, 0.29) is 0 Å². The molecule has 7 heterocycles. The van der Waals surface area contributed by atoms with Crippen LogP contribution in [-0.4, -0.2) is 54.8 Å². The van der Waals surface area contributed by atoms with Gasteiger partial charge >= 0.3 is 0 Å². The third-order valence-corrected chi connectivity index (χ3v) is 23.7. The highest BCUT2D eigenvalue weighted by atomic mass is 32.1. The van der Waals surface area contributed by atoms with Crippen molar-refractivity contribution in [3.05, 3.63) is 395 Å². The molecule has 22 rings (SSSR count). The molecule has 0 spiro atoms. The SMILES string of the molecule is c1ccc(-c2ccc(-c3nc(-c4ccccc4)nc(-c4ccc(-c5ccc(-c6ccc(-c7ccc8c(c7)sc7nc9ccccc9nc78)cc6)cc5)cc4)n3)cc2)cc1.c1ccc(-c2ccc(-c3nc(-c4ccccc4)nc(-c4ccc(-c5ccc(-c6ccc(-c7ncnc8c7sc7nc9ccccc9cc78)cc6)cc5)cc4)n3)cc2)cc1. The zero-order valence-corrected chi connectivity index (χ0v) is 64.9. The maximum atomic E-state index is 4.98. The van der Waals surface area contributed by atoms with Gasteiger partial charge in [-0.2, -0.15) is 0 Å². The van der Waals surface area contributed by atoms with E-state index in [1.54, 1.807) is 29.0 Å². The van der Waals surface area contributed by atoms with Gasteiger partial charge in [0.1, 0.15) is 21.5 Å². The Morgan fingerprint density at radius 3 is 0.856 bits per heavy atom. The van der Waals surface area contributed by atoms with E-state index >= 15 is 0 Å². The van der Waals surface area contributed by atoms with Gasteiger partial charge in [-0.1, -0.05) is 358 Å². The van der Waals surface area contributed by atoms with E-state index in [2.05, 4.69) is 284 Å². The van der Waals surface area contributed by atoms with E-state index in [9.17, 15) is 0 Å². The minimum Gasteiger partial charge on any atom is -0.243 e. The van der Waals surface area contributed by atoms with Crippen molar-refractivity contribution in [2.24, 2.45) is 0 Å². The number of hydrogen-bond acceptors (Lipinski definition) is 13. The average Bonchev–Trinajstić information content (AvgIpc) is 1.60. The van der Waals surface area contributed by atoms with Crippen molar-refractivity contribution in [1.82, 2.24) is 54.8 Å². The Morgan fingerprint density at radius 2 is 0.466 bits per heavy atom. The summed E-state index contributed by atoms with van der Waals surface area (Å²) in [6.07, 6.45) is 1.66. The Hall–Kier alpha value is -15.4. The first-order valence-electron chi connectivity index (χ1n) is 39.0. The topological polar surface area (TPSA) is 142 Å². The van der Waals surface area contributed by atoms with Gasteiger partial charge in [0.05, 0.1) is 32.5 Å². The molecular formula is C105H65N11S2. The van der Waals surface area contributed by atoms with Crippen molar-refractivity contribution in [3.8, 4) is 157 Å². The third kappa shape index (κ3) is 14.1. The number of benzene rings is 15. The molecule has 0 saturated heterocycles. The lowest BCUT2D eigenvalue weighted by atomic mass is 9.97. The summed E-state index contributed by atoms with van der Waals surface area (Å²) in [7, 11) is 0. The molecule has 7 aromatic heterocycles. The van der Waals surface area contributed by atoms with Gasteiger partial charge in [0.15, 0.2) is 34.9 Å². The normalized spacial score (nSPS) is 11.4. The van der Waals surface area contributed by atoms with Gasteiger partial charge in [-0.3, -0.25) is 0 Å². The van der Waals surface area contributed by atoms with Gasteiger partial charge in [0.2, 0.25) is 0 Å². The Kier molecular flexibility index (Phi) is 18.4. The van der Waals surface area contributed by atoms with Gasteiger partial charge < -0.3 is 0 Å². The second-order valence-electron chi connectivity index (χ2n) is 28.9. The van der Waals surface area contributed by atoms with Crippen LogP contribution in [0.4, 0.5) is 0 Å². The average molecular weight is 1540 g/mol. The molecular weight excluding hydrogens is 1480 g/mol. The van der Waals surface area contributed by atoms with Crippen LogP contribution in [0.25, 0.3) is 220 Å². The van der Waals surface area contributed by atoms with Gasteiger partial charge in [-0.15, -0.1) is 22.7 Å². The van der Waals surface area contributed by atoms with Crippen LogP contribution in [0.5, 0.6) is 0 Å². The zero-order chi connectivity index (χ0) is 78.2. The lowest BCUT2D eigenvalue weighted by Crippen LogP contribution is -2.00. The Morgan fingerprint density at radius 1 is 0.178 bits per heavy atom. The number of nitrogens with zero attached hydrogens (tertiary/aromatic N) is 11. The highest BCUT2D eigenvalue weighted by Crippen LogP contribution is 2.42. The molecule has 0 fully saturated rings. The first kappa shape index (κ1) is 70.5. The smallest absolute Gasteiger partial charge is 0.164 e. The molecule has 0 amide bonds. The number of fused-ring (bicyclic) bond motifs is 8. The van der Waals surface area contributed by atoms with Crippen LogP contribution in [-0.2, 0) is 0 Å². The third-order valence-electron chi connectivity index (χ3n) is 21.5. The minimum absolute atomic E-state index is 0.631. The molecule has 0 aliphatic heterocycles. The van der Waals surface area contributed by atoms with Crippen LogP contribution in [0.2, 0.25) is 0 Å². The molecule has 552 valence electrons. The Bertz CT molecular complexity index is 7450. The van der Waals surface area contributed by atoms with Crippen LogP contribution < -0.4 is 0 Å². The maximum Gasteiger partial charge on any atom is 0.164 e. The van der Waals surface area contributed by atoms with E-state index in [0.29, 0.717) is 34.9 Å². The number of aromatic nitrogens is 11. The van der Waals surface area contributed by atoms with E-state index in [4.69, 9.17) is 49.8 Å². The van der Waals surface area contributed by atoms with Crippen molar-refractivity contribution < 1.29 is 0 Å². The van der Waals surface area contributed by atoms with E-state index in [1.807, 2.05) is 109 Å². The fourth-order valence-corrected chi connectivity index (χ4v) is 17.4. The maximum absolute atomic E-state index is 4.98. The summed E-state index contributed by atoms with van der Waals surface area (Å²) >= 11 is 3.35. The second-order valence-corrected chi connectivity index (χ2v) is 30.9. The molecule has 0 aliphatic rings. The fourth-order valence-electron chi connectivity index (χ4n) is 15.2. The molecule has 0 atom stereocenters. The first-order chi connectivity index (χ1) is 58.4.